The van der Waals surface area contributed by atoms with E-state index in [1.807, 2.05) is 18.7 Å². The topological polar surface area (TPSA) is 65.8 Å². The summed E-state index contributed by atoms with van der Waals surface area (Å²) in [7, 11) is 0. The number of piperazine rings is 1. The van der Waals surface area contributed by atoms with Crippen molar-refractivity contribution in [3.8, 4) is 11.3 Å². The van der Waals surface area contributed by atoms with Gasteiger partial charge in [0, 0.05) is 42.7 Å². The van der Waals surface area contributed by atoms with E-state index in [0.29, 0.717) is 58.3 Å². The van der Waals surface area contributed by atoms with Gasteiger partial charge in [-0.25, -0.2) is 0 Å². The van der Waals surface area contributed by atoms with Crippen molar-refractivity contribution in [2.45, 2.75) is 13.8 Å². The summed E-state index contributed by atoms with van der Waals surface area (Å²) in [6.07, 6.45) is 0. The second kappa shape index (κ2) is 10.3. The summed E-state index contributed by atoms with van der Waals surface area (Å²) in [6, 6.07) is 13.7. The van der Waals surface area contributed by atoms with E-state index in [2.05, 4.69) is 10.2 Å². The monoisotopic (exact) mass is 519 g/mol. The van der Waals surface area contributed by atoms with E-state index >= 15 is 0 Å². The van der Waals surface area contributed by atoms with Gasteiger partial charge in [-0.05, 0) is 42.5 Å². The molecule has 2 aromatic carbocycles. The van der Waals surface area contributed by atoms with E-state index in [1.165, 1.54) is 0 Å². The number of nitrogens with zero attached hydrogens (tertiary/aromatic N) is 2. The summed E-state index contributed by atoms with van der Waals surface area (Å²) < 4.78 is 5.77. The first-order valence-electron chi connectivity index (χ1n) is 10.9. The molecule has 2 amide bonds. The highest BCUT2D eigenvalue weighted by molar-refractivity contribution is 6.35. The van der Waals surface area contributed by atoms with Crippen LogP contribution in [0.3, 0.4) is 0 Å². The molecule has 178 valence electrons. The average Bonchev–Trinajstić information content (AvgIpc) is 3.31. The maximum Gasteiger partial charge on any atom is 0.291 e. The molecule has 0 bridgehead atoms. The van der Waals surface area contributed by atoms with Crippen molar-refractivity contribution in [3.63, 3.8) is 0 Å². The molecule has 1 aliphatic heterocycles. The van der Waals surface area contributed by atoms with Crippen LogP contribution in [-0.2, 0) is 4.79 Å². The molecule has 0 saturated carbocycles. The molecule has 0 spiro atoms. The molecule has 0 unspecified atom stereocenters. The van der Waals surface area contributed by atoms with Gasteiger partial charge in [0.05, 0.1) is 21.4 Å². The number of para-hydroxylation sites is 1. The van der Waals surface area contributed by atoms with Crippen molar-refractivity contribution in [3.05, 3.63) is 69.4 Å². The molecule has 34 heavy (non-hydrogen) atoms. The van der Waals surface area contributed by atoms with Crippen LogP contribution >= 0.6 is 34.8 Å². The maximum absolute atomic E-state index is 13.0. The highest BCUT2D eigenvalue weighted by atomic mass is 35.5. The minimum absolute atomic E-state index is 0.0401. The quantitative estimate of drug-likeness (QED) is 0.419. The number of anilines is 2. The predicted molar refractivity (Wildman–Crippen MR) is 137 cm³/mol. The zero-order chi connectivity index (χ0) is 24.4. The molecule has 1 aliphatic rings. The molecule has 1 saturated heterocycles. The fourth-order valence-electron chi connectivity index (χ4n) is 3.93. The van der Waals surface area contributed by atoms with Gasteiger partial charge in [-0.2, -0.15) is 0 Å². The number of amides is 2. The van der Waals surface area contributed by atoms with Crippen LogP contribution in [0.1, 0.15) is 24.4 Å². The number of carbonyl (C=O) groups is 2. The molecular weight excluding hydrogens is 497 g/mol. The number of hydrogen-bond donors (Lipinski definition) is 1. The van der Waals surface area contributed by atoms with Crippen LogP contribution in [0.5, 0.6) is 0 Å². The zero-order valence-corrected chi connectivity index (χ0v) is 21.0. The number of carbonyl (C=O) groups excluding carboxylic acids is 2. The Labute approximate surface area is 213 Å². The Morgan fingerprint density at radius 1 is 0.941 bits per heavy atom. The van der Waals surface area contributed by atoms with Crippen LogP contribution in [-0.4, -0.2) is 42.9 Å². The van der Waals surface area contributed by atoms with Gasteiger partial charge in [0.25, 0.3) is 5.91 Å². The van der Waals surface area contributed by atoms with Gasteiger partial charge in [0.2, 0.25) is 5.91 Å². The van der Waals surface area contributed by atoms with E-state index in [4.69, 9.17) is 39.2 Å². The first kappa shape index (κ1) is 24.5. The summed E-state index contributed by atoms with van der Waals surface area (Å²) in [5.74, 6) is 0.253. The number of halogens is 3. The highest BCUT2D eigenvalue weighted by Gasteiger charge is 2.26. The van der Waals surface area contributed by atoms with Crippen LogP contribution in [0, 0.1) is 5.92 Å². The van der Waals surface area contributed by atoms with Crippen LogP contribution in [0.25, 0.3) is 11.3 Å². The van der Waals surface area contributed by atoms with Crippen molar-refractivity contribution in [2.75, 3.05) is 36.4 Å². The summed E-state index contributed by atoms with van der Waals surface area (Å²) >= 11 is 18.9. The van der Waals surface area contributed by atoms with Crippen molar-refractivity contribution in [1.29, 1.82) is 0 Å². The van der Waals surface area contributed by atoms with E-state index < -0.39 is 5.91 Å². The van der Waals surface area contributed by atoms with Crippen molar-refractivity contribution in [1.82, 2.24) is 4.90 Å². The summed E-state index contributed by atoms with van der Waals surface area (Å²) in [5, 5.41) is 4.41. The highest BCUT2D eigenvalue weighted by Crippen LogP contribution is 2.36. The molecule has 1 aromatic heterocycles. The minimum Gasteiger partial charge on any atom is -0.451 e. The van der Waals surface area contributed by atoms with Gasteiger partial charge in [-0.3, -0.25) is 9.59 Å². The summed E-state index contributed by atoms with van der Waals surface area (Å²) in [6.45, 7) is 6.22. The van der Waals surface area contributed by atoms with Crippen LogP contribution in [0.15, 0.2) is 52.9 Å². The largest absolute Gasteiger partial charge is 0.451 e. The lowest BCUT2D eigenvalue weighted by molar-refractivity contribution is -0.134. The molecule has 0 atom stereocenters. The van der Waals surface area contributed by atoms with Crippen molar-refractivity contribution < 1.29 is 14.0 Å². The smallest absolute Gasteiger partial charge is 0.291 e. The second-order valence-electron chi connectivity index (χ2n) is 8.35. The van der Waals surface area contributed by atoms with Gasteiger partial charge in [0.15, 0.2) is 5.76 Å². The Morgan fingerprint density at radius 3 is 2.38 bits per heavy atom. The van der Waals surface area contributed by atoms with E-state index in [-0.39, 0.29) is 17.6 Å². The van der Waals surface area contributed by atoms with Gasteiger partial charge in [0.1, 0.15) is 5.76 Å². The average molecular weight is 521 g/mol. The molecule has 6 nitrogen and oxygen atoms in total. The molecule has 1 N–H and O–H groups in total. The molecule has 4 rings (SSSR count). The third-order valence-electron chi connectivity index (χ3n) is 5.66. The number of hydrogen-bond acceptors (Lipinski definition) is 4. The summed E-state index contributed by atoms with van der Waals surface area (Å²) in [4.78, 5) is 29.3. The molecule has 0 radical (unpaired) electrons. The van der Waals surface area contributed by atoms with Gasteiger partial charge in [-0.15, -0.1) is 0 Å². The van der Waals surface area contributed by atoms with Crippen molar-refractivity contribution in [2.24, 2.45) is 5.92 Å². The fraction of sp³-hybridized carbons (Fsp3) is 0.280. The van der Waals surface area contributed by atoms with Gasteiger partial charge < -0.3 is 19.5 Å². The molecule has 9 heteroatoms. The molecule has 3 aromatic rings. The predicted octanol–water partition coefficient (Wildman–Crippen LogP) is 6.46. The Bertz CT molecular complexity index is 1220. The molecular formula is C25H24Cl3N3O3. The van der Waals surface area contributed by atoms with Crippen LogP contribution < -0.4 is 10.2 Å². The lowest BCUT2D eigenvalue weighted by Gasteiger charge is -2.38. The lowest BCUT2D eigenvalue weighted by atomic mass is 10.1. The minimum atomic E-state index is -0.415. The van der Waals surface area contributed by atoms with Crippen LogP contribution in [0.4, 0.5) is 11.4 Å². The fourth-order valence-corrected chi connectivity index (χ4v) is 4.60. The SMILES string of the molecule is CC(C)C(=O)N1CCN(c2c(Cl)cccc2NC(=O)c2ccc(-c3cc(Cl)ccc3Cl)o2)CC1. The Kier molecular flexibility index (Phi) is 7.41. The standard InChI is InChI=1S/C25H24Cl3N3O3/c1-15(2)25(33)31-12-10-30(11-13-31)23-19(28)4-3-5-20(23)29-24(32)22-9-8-21(34-22)17-14-16(26)6-7-18(17)27/h3-9,14-15H,10-13H2,1-2H3,(H,29,32). The maximum atomic E-state index is 13.0. The number of nitrogens with one attached hydrogen (secondary N) is 1. The third kappa shape index (κ3) is 5.19. The first-order valence-corrected chi connectivity index (χ1v) is 12.1. The number of benzene rings is 2. The van der Waals surface area contributed by atoms with E-state index in [0.717, 1.165) is 5.69 Å². The van der Waals surface area contributed by atoms with Crippen molar-refractivity contribution >= 4 is 58.0 Å². The first-order chi connectivity index (χ1) is 16.2. The second-order valence-corrected chi connectivity index (χ2v) is 9.60. The summed E-state index contributed by atoms with van der Waals surface area (Å²) in [5.41, 5.74) is 1.89. The van der Waals surface area contributed by atoms with Gasteiger partial charge >= 0.3 is 0 Å². The molecule has 1 fully saturated rings. The van der Waals surface area contributed by atoms with Gasteiger partial charge in [-0.1, -0.05) is 54.7 Å². The zero-order valence-electron chi connectivity index (χ0n) is 18.8. The number of furan rings is 1. The Balaban J connectivity index is 1.52. The lowest BCUT2D eigenvalue weighted by Crippen LogP contribution is -2.50. The number of rotatable bonds is 5. The Hall–Kier alpha value is -2.67. The third-order valence-corrected chi connectivity index (χ3v) is 6.53. The molecule has 2 heterocycles. The normalized spacial score (nSPS) is 13.9. The Morgan fingerprint density at radius 2 is 1.68 bits per heavy atom. The van der Waals surface area contributed by atoms with Crippen LogP contribution in [0.2, 0.25) is 15.1 Å². The van der Waals surface area contributed by atoms with E-state index in [9.17, 15) is 9.59 Å². The molecule has 0 aliphatic carbocycles. The van der Waals surface area contributed by atoms with E-state index in [1.54, 1.807) is 48.5 Å².